The average Bonchev–Trinajstić information content (AvgIpc) is 2.67. The molecule has 0 aliphatic carbocycles. The molecule has 0 bridgehead atoms. The Bertz CT molecular complexity index is 600. The van der Waals surface area contributed by atoms with Gasteiger partial charge in [0.15, 0.2) is 0 Å². The average molecular weight is 272 g/mol. The standard InChI is InChI=1S/C18H28N2/c1-13-9-10-14(2)17-16(13)15(12-20(17)6)8-7-11-19-18(3,4)5/h9-10,12,19H,7-8,11H2,1-6H3. The second-order valence-corrected chi connectivity index (χ2v) is 6.97. The summed E-state index contributed by atoms with van der Waals surface area (Å²) < 4.78 is 2.28. The first-order chi connectivity index (χ1) is 9.29. The lowest BCUT2D eigenvalue weighted by Gasteiger charge is -2.20. The van der Waals surface area contributed by atoms with Crippen molar-refractivity contribution in [2.75, 3.05) is 6.54 Å². The molecule has 0 saturated heterocycles. The molecule has 0 aliphatic rings. The number of aromatic nitrogens is 1. The van der Waals surface area contributed by atoms with Crippen molar-refractivity contribution >= 4 is 10.9 Å². The molecule has 1 aromatic carbocycles. The van der Waals surface area contributed by atoms with Gasteiger partial charge in [-0.2, -0.15) is 0 Å². The van der Waals surface area contributed by atoms with Gasteiger partial charge in [0.25, 0.3) is 0 Å². The highest BCUT2D eigenvalue weighted by Crippen LogP contribution is 2.27. The summed E-state index contributed by atoms with van der Waals surface area (Å²) in [6.45, 7) is 12.2. The third kappa shape index (κ3) is 3.24. The van der Waals surface area contributed by atoms with E-state index >= 15 is 0 Å². The van der Waals surface area contributed by atoms with Gasteiger partial charge in [-0.25, -0.2) is 0 Å². The van der Waals surface area contributed by atoms with Crippen LogP contribution in [0.25, 0.3) is 10.9 Å². The Morgan fingerprint density at radius 1 is 1.10 bits per heavy atom. The number of benzene rings is 1. The van der Waals surface area contributed by atoms with Gasteiger partial charge in [0.1, 0.15) is 0 Å². The van der Waals surface area contributed by atoms with Gasteiger partial charge in [0.05, 0.1) is 5.52 Å². The number of rotatable bonds is 4. The van der Waals surface area contributed by atoms with Crippen molar-refractivity contribution in [2.45, 2.75) is 53.0 Å². The molecule has 2 heteroatoms. The summed E-state index contributed by atoms with van der Waals surface area (Å²) in [5, 5.41) is 5.03. The van der Waals surface area contributed by atoms with E-state index in [1.165, 1.54) is 34.0 Å². The first kappa shape index (κ1) is 15.1. The van der Waals surface area contributed by atoms with Gasteiger partial charge in [-0.3, -0.25) is 0 Å². The molecule has 1 aromatic heterocycles. The highest BCUT2D eigenvalue weighted by molar-refractivity contribution is 5.89. The fourth-order valence-corrected chi connectivity index (χ4v) is 2.95. The van der Waals surface area contributed by atoms with Crippen LogP contribution in [0.3, 0.4) is 0 Å². The molecule has 2 rings (SSSR count). The molecule has 0 saturated carbocycles. The van der Waals surface area contributed by atoms with Crippen molar-refractivity contribution in [1.82, 2.24) is 9.88 Å². The second-order valence-electron chi connectivity index (χ2n) is 6.97. The van der Waals surface area contributed by atoms with Gasteiger partial charge in [0, 0.05) is 24.2 Å². The summed E-state index contributed by atoms with van der Waals surface area (Å²) in [5.74, 6) is 0. The molecule has 1 N–H and O–H groups in total. The summed E-state index contributed by atoms with van der Waals surface area (Å²) >= 11 is 0. The Morgan fingerprint density at radius 2 is 1.75 bits per heavy atom. The summed E-state index contributed by atoms with van der Waals surface area (Å²) in [7, 11) is 2.16. The molecular formula is C18H28N2. The Kier molecular flexibility index (Phi) is 4.24. The van der Waals surface area contributed by atoms with Crippen molar-refractivity contribution in [2.24, 2.45) is 7.05 Å². The maximum absolute atomic E-state index is 3.57. The van der Waals surface area contributed by atoms with E-state index < -0.39 is 0 Å². The zero-order valence-electron chi connectivity index (χ0n) is 13.8. The molecule has 0 atom stereocenters. The van der Waals surface area contributed by atoms with E-state index in [-0.39, 0.29) is 5.54 Å². The fourth-order valence-electron chi connectivity index (χ4n) is 2.95. The smallest absolute Gasteiger partial charge is 0.0512 e. The number of nitrogens with zero attached hydrogens (tertiary/aromatic N) is 1. The van der Waals surface area contributed by atoms with Crippen LogP contribution in [0.15, 0.2) is 18.3 Å². The lowest BCUT2D eigenvalue weighted by molar-refractivity contribution is 0.422. The van der Waals surface area contributed by atoms with Crippen LogP contribution in [0.4, 0.5) is 0 Å². The quantitative estimate of drug-likeness (QED) is 0.829. The molecule has 0 radical (unpaired) electrons. The van der Waals surface area contributed by atoms with Crippen LogP contribution in [-0.2, 0) is 13.5 Å². The van der Waals surface area contributed by atoms with Gasteiger partial charge in [-0.05, 0) is 70.7 Å². The summed E-state index contributed by atoms with van der Waals surface area (Å²) in [6, 6.07) is 4.47. The number of fused-ring (bicyclic) bond motifs is 1. The number of hydrogen-bond acceptors (Lipinski definition) is 1. The largest absolute Gasteiger partial charge is 0.350 e. The Labute approximate surface area is 123 Å². The minimum atomic E-state index is 0.214. The normalized spacial score (nSPS) is 12.3. The molecule has 0 amide bonds. The zero-order valence-corrected chi connectivity index (χ0v) is 13.8. The van der Waals surface area contributed by atoms with E-state index in [1.807, 2.05) is 0 Å². The summed E-state index contributed by atoms with van der Waals surface area (Å²) in [6.07, 6.45) is 4.64. The Morgan fingerprint density at radius 3 is 2.40 bits per heavy atom. The van der Waals surface area contributed by atoms with Crippen molar-refractivity contribution in [3.05, 3.63) is 35.0 Å². The van der Waals surface area contributed by atoms with E-state index in [2.05, 4.69) is 69.9 Å². The third-order valence-corrected chi connectivity index (χ3v) is 3.89. The number of aryl methyl sites for hydroxylation is 4. The molecular weight excluding hydrogens is 244 g/mol. The van der Waals surface area contributed by atoms with Gasteiger partial charge in [-0.1, -0.05) is 12.1 Å². The second kappa shape index (κ2) is 5.61. The molecule has 0 fully saturated rings. The first-order valence-corrected chi connectivity index (χ1v) is 7.59. The fraction of sp³-hybridized carbons (Fsp3) is 0.556. The van der Waals surface area contributed by atoms with E-state index in [9.17, 15) is 0 Å². The SMILES string of the molecule is Cc1ccc(C)c2c1c(CCCNC(C)(C)C)cn2C. The molecule has 0 spiro atoms. The van der Waals surface area contributed by atoms with Gasteiger partial charge in [-0.15, -0.1) is 0 Å². The summed E-state index contributed by atoms with van der Waals surface area (Å²) in [5.41, 5.74) is 5.85. The zero-order chi connectivity index (χ0) is 14.9. The Balaban J connectivity index is 2.17. The number of nitrogens with one attached hydrogen (secondary N) is 1. The lowest BCUT2D eigenvalue weighted by atomic mass is 10.0. The maximum Gasteiger partial charge on any atom is 0.0512 e. The van der Waals surface area contributed by atoms with E-state index in [0.29, 0.717) is 0 Å². The lowest BCUT2D eigenvalue weighted by Crippen LogP contribution is -2.36. The molecule has 110 valence electrons. The van der Waals surface area contributed by atoms with Crippen LogP contribution in [0.1, 0.15) is 43.9 Å². The van der Waals surface area contributed by atoms with Gasteiger partial charge >= 0.3 is 0 Å². The maximum atomic E-state index is 3.57. The van der Waals surface area contributed by atoms with Crippen LogP contribution < -0.4 is 5.32 Å². The molecule has 0 aliphatic heterocycles. The van der Waals surface area contributed by atoms with Crippen LogP contribution >= 0.6 is 0 Å². The summed E-state index contributed by atoms with van der Waals surface area (Å²) in [4.78, 5) is 0. The van der Waals surface area contributed by atoms with Gasteiger partial charge in [0.2, 0.25) is 0 Å². The monoisotopic (exact) mass is 272 g/mol. The molecule has 1 heterocycles. The van der Waals surface area contributed by atoms with Crippen molar-refractivity contribution < 1.29 is 0 Å². The first-order valence-electron chi connectivity index (χ1n) is 7.59. The predicted molar refractivity (Wildman–Crippen MR) is 88.5 cm³/mol. The van der Waals surface area contributed by atoms with Crippen LogP contribution in [0, 0.1) is 13.8 Å². The van der Waals surface area contributed by atoms with E-state index in [1.54, 1.807) is 0 Å². The van der Waals surface area contributed by atoms with E-state index in [0.717, 1.165) is 13.0 Å². The third-order valence-electron chi connectivity index (χ3n) is 3.89. The van der Waals surface area contributed by atoms with Crippen molar-refractivity contribution in [3.8, 4) is 0 Å². The predicted octanol–water partition coefficient (Wildman–Crippen LogP) is 4.12. The van der Waals surface area contributed by atoms with Gasteiger partial charge < -0.3 is 9.88 Å². The molecule has 0 unspecified atom stereocenters. The highest BCUT2D eigenvalue weighted by atomic mass is 14.9. The highest BCUT2D eigenvalue weighted by Gasteiger charge is 2.12. The van der Waals surface area contributed by atoms with Crippen LogP contribution in [0.2, 0.25) is 0 Å². The molecule has 2 aromatic rings. The van der Waals surface area contributed by atoms with Crippen LogP contribution in [0.5, 0.6) is 0 Å². The minimum Gasteiger partial charge on any atom is -0.350 e. The number of hydrogen-bond donors (Lipinski definition) is 1. The van der Waals surface area contributed by atoms with Crippen molar-refractivity contribution in [3.63, 3.8) is 0 Å². The van der Waals surface area contributed by atoms with Crippen LogP contribution in [-0.4, -0.2) is 16.7 Å². The minimum absolute atomic E-state index is 0.214. The Hall–Kier alpha value is -1.28. The molecule has 2 nitrogen and oxygen atoms in total. The topological polar surface area (TPSA) is 17.0 Å². The molecule has 20 heavy (non-hydrogen) atoms. The van der Waals surface area contributed by atoms with E-state index in [4.69, 9.17) is 0 Å². The van der Waals surface area contributed by atoms with Crippen molar-refractivity contribution in [1.29, 1.82) is 0 Å².